The van der Waals surface area contributed by atoms with Crippen molar-refractivity contribution in [2.75, 3.05) is 7.11 Å². The maximum Gasteiger partial charge on any atom is 0.316 e. The Morgan fingerprint density at radius 1 is 1.24 bits per heavy atom. The van der Waals surface area contributed by atoms with Gasteiger partial charge in [0.2, 0.25) is 5.82 Å². The summed E-state index contributed by atoms with van der Waals surface area (Å²) in [7, 11) is 1.58. The summed E-state index contributed by atoms with van der Waals surface area (Å²) in [5, 5.41) is 14.3. The molecule has 0 bridgehead atoms. The monoisotopic (exact) mass is 394 g/mol. The van der Waals surface area contributed by atoms with E-state index in [2.05, 4.69) is 25.8 Å². The lowest BCUT2D eigenvalue weighted by molar-refractivity contribution is 0.0907. The van der Waals surface area contributed by atoms with E-state index in [1.165, 1.54) is 23.0 Å². The van der Waals surface area contributed by atoms with E-state index in [4.69, 9.17) is 9.26 Å². The van der Waals surface area contributed by atoms with Crippen LogP contribution in [0.1, 0.15) is 16.2 Å². The molecule has 1 amide bonds. The Labute approximate surface area is 164 Å². The molecule has 0 atom stereocenters. The average molecular weight is 394 g/mol. The number of halogens is 1. The number of benzene rings is 2. The van der Waals surface area contributed by atoms with Crippen molar-refractivity contribution in [3.05, 3.63) is 72.0 Å². The predicted molar refractivity (Wildman–Crippen MR) is 98.8 cm³/mol. The fraction of sp³-hybridized carbons (Fsp3) is 0.105. The molecule has 2 heterocycles. The van der Waals surface area contributed by atoms with E-state index in [0.717, 1.165) is 11.3 Å². The molecule has 0 aliphatic carbocycles. The first-order chi connectivity index (χ1) is 14.1. The van der Waals surface area contributed by atoms with Crippen LogP contribution in [0.3, 0.4) is 0 Å². The van der Waals surface area contributed by atoms with Crippen molar-refractivity contribution in [3.63, 3.8) is 0 Å². The first kappa shape index (κ1) is 18.3. The fourth-order valence-corrected chi connectivity index (χ4v) is 2.53. The van der Waals surface area contributed by atoms with E-state index in [0.29, 0.717) is 5.69 Å². The summed E-state index contributed by atoms with van der Waals surface area (Å²) in [5.41, 5.74) is 1.66. The molecule has 9 nitrogen and oxygen atoms in total. The normalized spacial score (nSPS) is 10.7. The quantitative estimate of drug-likeness (QED) is 0.535. The van der Waals surface area contributed by atoms with Crippen LogP contribution in [-0.2, 0) is 6.54 Å². The van der Waals surface area contributed by atoms with Gasteiger partial charge in [-0.15, -0.1) is 5.10 Å². The maximum atomic E-state index is 13.4. The number of methoxy groups -OCH3 is 1. The summed E-state index contributed by atoms with van der Waals surface area (Å²) in [6.07, 6.45) is 1.51. The minimum absolute atomic E-state index is 0.0993. The zero-order valence-corrected chi connectivity index (χ0v) is 15.2. The molecule has 4 rings (SSSR count). The number of aromatic nitrogens is 5. The highest BCUT2D eigenvalue weighted by Crippen LogP contribution is 2.16. The molecule has 29 heavy (non-hydrogen) atoms. The molecule has 0 saturated carbocycles. The number of hydrogen-bond donors (Lipinski definition) is 1. The van der Waals surface area contributed by atoms with Gasteiger partial charge in [0, 0.05) is 6.54 Å². The Kier molecular flexibility index (Phi) is 4.97. The van der Waals surface area contributed by atoms with E-state index in [9.17, 15) is 9.18 Å². The van der Waals surface area contributed by atoms with Crippen LogP contribution >= 0.6 is 0 Å². The predicted octanol–water partition coefficient (Wildman–Crippen LogP) is 2.40. The van der Waals surface area contributed by atoms with Crippen molar-refractivity contribution >= 4 is 5.91 Å². The number of carbonyl (C=O) groups is 1. The van der Waals surface area contributed by atoms with Crippen molar-refractivity contribution < 1.29 is 18.4 Å². The zero-order chi connectivity index (χ0) is 20.2. The number of nitrogens with zero attached hydrogens (tertiary/aromatic N) is 5. The van der Waals surface area contributed by atoms with Gasteiger partial charge >= 0.3 is 11.8 Å². The minimum atomic E-state index is -0.517. The van der Waals surface area contributed by atoms with Crippen LogP contribution in [-0.4, -0.2) is 38.2 Å². The molecule has 2 aromatic heterocycles. The topological polar surface area (TPSA) is 108 Å². The maximum absolute atomic E-state index is 13.4. The van der Waals surface area contributed by atoms with Crippen molar-refractivity contribution in [2.24, 2.45) is 0 Å². The van der Waals surface area contributed by atoms with Gasteiger partial charge in [-0.05, 0) is 35.9 Å². The second-order valence-corrected chi connectivity index (χ2v) is 5.98. The molecule has 10 heteroatoms. The Hall–Kier alpha value is -4.08. The van der Waals surface area contributed by atoms with Gasteiger partial charge in [-0.25, -0.2) is 9.07 Å². The highest BCUT2D eigenvalue weighted by Gasteiger charge is 2.18. The SMILES string of the molecule is COc1ccc(CNC(=O)c2nc(-c3cn(-c4cccc(F)c4)nn3)no2)cc1. The highest BCUT2D eigenvalue weighted by atomic mass is 19.1. The van der Waals surface area contributed by atoms with Gasteiger partial charge in [0.05, 0.1) is 19.0 Å². The molecule has 0 aliphatic heterocycles. The summed E-state index contributed by atoms with van der Waals surface area (Å²) in [5.74, 6) is -0.281. The summed E-state index contributed by atoms with van der Waals surface area (Å²) in [4.78, 5) is 16.3. The summed E-state index contributed by atoms with van der Waals surface area (Å²) < 4.78 is 24.8. The lowest BCUT2D eigenvalue weighted by Crippen LogP contribution is -2.23. The van der Waals surface area contributed by atoms with Crippen LogP contribution in [0.4, 0.5) is 4.39 Å². The summed E-state index contributed by atoms with van der Waals surface area (Å²) in [6.45, 7) is 0.288. The fourth-order valence-electron chi connectivity index (χ4n) is 2.53. The molecule has 1 N–H and O–H groups in total. The molecule has 0 aliphatic rings. The van der Waals surface area contributed by atoms with Crippen molar-refractivity contribution in [2.45, 2.75) is 6.54 Å². The largest absolute Gasteiger partial charge is 0.497 e. The zero-order valence-electron chi connectivity index (χ0n) is 15.2. The Morgan fingerprint density at radius 3 is 2.83 bits per heavy atom. The second-order valence-electron chi connectivity index (χ2n) is 5.98. The number of carbonyl (C=O) groups excluding carboxylic acids is 1. The molecule has 0 saturated heterocycles. The van der Waals surface area contributed by atoms with Crippen LogP contribution in [0.15, 0.2) is 59.3 Å². The first-order valence-electron chi connectivity index (χ1n) is 8.56. The smallest absolute Gasteiger partial charge is 0.316 e. The minimum Gasteiger partial charge on any atom is -0.497 e. The van der Waals surface area contributed by atoms with Gasteiger partial charge in [0.25, 0.3) is 0 Å². The van der Waals surface area contributed by atoms with E-state index >= 15 is 0 Å². The van der Waals surface area contributed by atoms with Gasteiger partial charge in [-0.2, -0.15) is 4.98 Å². The third-order valence-corrected chi connectivity index (χ3v) is 4.03. The van der Waals surface area contributed by atoms with Gasteiger partial charge in [0.1, 0.15) is 11.6 Å². The van der Waals surface area contributed by atoms with Crippen LogP contribution < -0.4 is 10.1 Å². The lowest BCUT2D eigenvalue weighted by atomic mass is 10.2. The van der Waals surface area contributed by atoms with Crippen LogP contribution in [0.5, 0.6) is 5.75 Å². The molecule has 4 aromatic rings. The molecule has 0 radical (unpaired) electrons. The molecule has 2 aromatic carbocycles. The van der Waals surface area contributed by atoms with Crippen molar-refractivity contribution in [3.8, 4) is 23.0 Å². The standard InChI is InChI=1S/C19H15FN6O3/c1-28-15-7-5-12(6-8-15)10-21-18(27)19-22-17(24-29-19)16-11-26(25-23-16)14-4-2-3-13(20)9-14/h2-9,11H,10H2,1H3,(H,21,27). The first-order valence-corrected chi connectivity index (χ1v) is 8.56. The molecule has 146 valence electrons. The molecular weight excluding hydrogens is 379 g/mol. The summed E-state index contributed by atoms with van der Waals surface area (Å²) >= 11 is 0. The van der Waals surface area contributed by atoms with Crippen molar-refractivity contribution in [1.82, 2.24) is 30.5 Å². The third-order valence-electron chi connectivity index (χ3n) is 4.03. The summed E-state index contributed by atoms with van der Waals surface area (Å²) in [6, 6.07) is 13.2. The lowest BCUT2D eigenvalue weighted by Gasteiger charge is -2.04. The van der Waals surface area contributed by atoms with E-state index in [-0.39, 0.29) is 24.0 Å². The number of nitrogens with one attached hydrogen (secondary N) is 1. The van der Waals surface area contributed by atoms with Gasteiger partial charge < -0.3 is 14.6 Å². The number of rotatable bonds is 6. The van der Waals surface area contributed by atoms with E-state index in [1.807, 2.05) is 12.1 Å². The average Bonchev–Trinajstić information content (AvgIpc) is 3.42. The third kappa shape index (κ3) is 4.10. The number of hydrogen-bond acceptors (Lipinski definition) is 7. The van der Waals surface area contributed by atoms with Crippen molar-refractivity contribution in [1.29, 1.82) is 0 Å². The van der Waals surface area contributed by atoms with Gasteiger partial charge in [-0.1, -0.05) is 28.6 Å². The number of ether oxygens (including phenoxy) is 1. The van der Waals surface area contributed by atoms with Crippen LogP contribution in [0, 0.1) is 5.82 Å². The molecule has 0 unspecified atom stereocenters. The molecule has 0 fully saturated rings. The van der Waals surface area contributed by atoms with Crippen LogP contribution in [0.25, 0.3) is 17.2 Å². The van der Waals surface area contributed by atoms with Gasteiger partial charge in [-0.3, -0.25) is 4.79 Å². The Morgan fingerprint density at radius 2 is 2.07 bits per heavy atom. The number of amides is 1. The van der Waals surface area contributed by atoms with Gasteiger partial charge in [0.15, 0.2) is 5.69 Å². The highest BCUT2D eigenvalue weighted by molar-refractivity contribution is 5.89. The second kappa shape index (κ2) is 7.89. The Bertz CT molecular complexity index is 1140. The molecular formula is C19H15FN6O3. The van der Waals surface area contributed by atoms with Crippen LogP contribution in [0.2, 0.25) is 0 Å². The van der Waals surface area contributed by atoms with E-state index < -0.39 is 11.7 Å². The molecule has 0 spiro atoms. The Balaban J connectivity index is 1.43. The van der Waals surface area contributed by atoms with E-state index in [1.54, 1.807) is 31.4 Å².